The van der Waals surface area contributed by atoms with Crippen molar-refractivity contribution in [2.75, 3.05) is 14.2 Å². The summed E-state index contributed by atoms with van der Waals surface area (Å²) in [7, 11) is 3.51. The zero-order valence-corrected chi connectivity index (χ0v) is 11.2. The van der Waals surface area contributed by atoms with Gasteiger partial charge in [0.05, 0.1) is 7.11 Å². The van der Waals surface area contributed by atoms with Gasteiger partial charge in [-0.15, -0.1) is 0 Å². The number of rotatable bonds is 4. The normalized spacial score (nSPS) is 18.6. The van der Waals surface area contributed by atoms with Crippen molar-refractivity contribution in [3.63, 3.8) is 0 Å². The highest BCUT2D eigenvalue weighted by molar-refractivity contribution is 5.37. The van der Waals surface area contributed by atoms with Gasteiger partial charge in [0.25, 0.3) is 0 Å². The molecule has 0 saturated heterocycles. The highest BCUT2D eigenvalue weighted by Gasteiger charge is 2.28. The summed E-state index contributed by atoms with van der Waals surface area (Å²) in [5.41, 5.74) is 0.689. The second kappa shape index (κ2) is 6.19. The molecule has 1 aliphatic carbocycles. The summed E-state index contributed by atoms with van der Waals surface area (Å²) in [4.78, 5) is 0. The molecule has 1 N–H and O–H groups in total. The third-order valence-corrected chi connectivity index (χ3v) is 3.98. The van der Waals surface area contributed by atoms with Gasteiger partial charge in [-0.25, -0.2) is 4.39 Å². The number of benzene rings is 1. The van der Waals surface area contributed by atoms with Gasteiger partial charge in [0.2, 0.25) is 0 Å². The quantitative estimate of drug-likeness (QED) is 0.881. The van der Waals surface area contributed by atoms with Gasteiger partial charge in [0.15, 0.2) is 0 Å². The SMILES string of the molecule is CNC(c1c(F)cccc1OC)C1CCCCC1. The van der Waals surface area contributed by atoms with E-state index >= 15 is 0 Å². The number of hydrogen-bond donors (Lipinski definition) is 1. The molecule has 3 heteroatoms. The zero-order valence-electron chi connectivity index (χ0n) is 11.2. The first-order valence-electron chi connectivity index (χ1n) is 6.77. The van der Waals surface area contributed by atoms with Gasteiger partial charge in [-0.1, -0.05) is 25.3 Å². The van der Waals surface area contributed by atoms with Crippen LogP contribution in [-0.2, 0) is 0 Å². The number of nitrogens with one attached hydrogen (secondary N) is 1. The molecule has 1 saturated carbocycles. The molecule has 2 rings (SSSR count). The van der Waals surface area contributed by atoms with E-state index in [1.807, 2.05) is 13.1 Å². The van der Waals surface area contributed by atoms with Crippen molar-refractivity contribution in [1.29, 1.82) is 0 Å². The van der Waals surface area contributed by atoms with Gasteiger partial charge in [-0.05, 0) is 37.9 Å². The highest BCUT2D eigenvalue weighted by atomic mass is 19.1. The zero-order chi connectivity index (χ0) is 13.0. The fourth-order valence-corrected chi connectivity index (χ4v) is 3.08. The topological polar surface area (TPSA) is 21.3 Å². The number of methoxy groups -OCH3 is 1. The van der Waals surface area contributed by atoms with Gasteiger partial charge in [-0.3, -0.25) is 0 Å². The molecule has 1 atom stereocenters. The van der Waals surface area contributed by atoms with Crippen molar-refractivity contribution in [1.82, 2.24) is 5.32 Å². The maximum atomic E-state index is 14.1. The Bertz CT molecular complexity index is 388. The van der Waals surface area contributed by atoms with Crippen LogP contribution in [0.1, 0.15) is 43.7 Å². The smallest absolute Gasteiger partial charge is 0.131 e. The van der Waals surface area contributed by atoms with Crippen LogP contribution in [0.25, 0.3) is 0 Å². The summed E-state index contributed by atoms with van der Waals surface area (Å²) >= 11 is 0. The van der Waals surface area contributed by atoms with Crippen molar-refractivity contribution in [2.24, 2.45) is 5.92 Å². The van der Waals surface area contributed by atoms with E-state index in [-0.39, 0.29) is 11.9 Å². The van der Waals surface area contributed by atoms with E-state index < -0.39 is 0 Å². The Labute approximate surface area is 109 Å². The Morgan fingerprint density at radius 1 is 1.28 bits per heavy atom. The van der Waals surface area contributed by atoms with Crippen molar-refractivity contribution in [2.45, 2.75) is 38.1 Å². The fraction of sp³-hybridized carbons (Fsp3) is 0.600. The van der Waals surface area contributed by atoms with Crippen LogP contribution in [0, 0.1) is 11.7 Å². The van der Waals surface area contributed by atoms with Crippen LogP contribution >= 0.6 is 0 Å². The molecule has 1 fully saturated rings. The van der Waals surface area contributed by atoms with Crippen LogP contribution < -0.4 is 10.1 Å². The molecule has 0 amide bonds. The minimum Gasteiger partial charge on any atom is -0.496 e. The predicted octanol–water partition coefficient (Wildman–Crippen LogP) is 3.68. The number of hydrogen-bond acceptors (Lipinski definition) is 2. The number of ether oxygens (including phenoxy) is 1. The molecule has 1 aromatic carbocycles. The van der Waals surface area contributed by atoms with Gasteiger partial charge in [0, 0.05) is 11.6 Å². The Morgan fingerprint density at radius 2 is 2.00 bits per heavy atom. The van der Waals surface area contributed by atoms with Crippen LogP contribution in [0.4, 0.5) is 4.39 Å². The molecule has 0 aliphatic heterocycles. The molecule has 0 spiro atoms. The van der Waals surface area contributed by atoms with Crippen LogP contribution in [-0.4, -0.2) is 14.2 Å². The summed E-state index contributed by atoms with van der Waals surface area (Å²) in [6, 6.07) is 5.11. The molecule has 18 heavy (non-hydrogen) atoms. The molecule has 1 aromatic rings. The maximum absolute atomic E-state index is 14.1. The van der Waals surface area contributed by atoms with E-state index in [0.29, 0.717) is 17.2 Å². The van der Waals surface area contributed by atoms with E-state index in [1.165, 1.54) is 38.2 Å². The van der Waals surface area contributed by atoms with Gasteiger partial charge < -0.3 is 10.1 Å². The molecule has 0 aromatic heterocycles. The lowest BCUT2D eigenvalue weighted by molar-refractivity contribution is 0.269. The van der Waals surface area contributed by atoms with Crippen molar-refractivity contribution in [3.8, 4) is 5.75 Å². The summed E-state index contributed by atoms with van der Waals surface area (Å²) in [6.45, 7) is 0. The minimum atomic E-state index is -0.167. The molecule has 0 radical (unpaired) electrons. The fourth-order valence-electron chi connectivity index (χ4n) is 3.08. The summed E-state index contributed by atoms with van der Waals surface area (Å²) in [5, 5.41) is 3.28. The Hall–Kier alpha value is -1.09. The molecule has 2 nitrogen and oxygen atoms in total. The lowest BCUT2D eigenvalue weighted by Crippen LogP contribution is -2.28. The van der Waals surface area contributed by atoms with Crippen LogP contribution in [0.15, 0.2) is 18.2 Å². The molecule has 1 unspecified atom stereocenters. The lowest BCUT2D eigenvalue weighted by atomic mass is 9.81. The average Bonchev–Trinajstić information content (AvgIpc) is 2.42. The molecule has 0 heterocycles. The Morgan fingerprint density at radius 3 is 2.61 bits per heavy atom. The monoisotopic (exact) mass is 251 g/mol. The van der Waals surface area contributed by atoms with Crippen LogP contribution in [0.3, 0.4) is 0 Å². The second-order valence-electron chi connectivity index (χ2n) is 5.02. The van der Waals surface area contributed by atoms with Crippen molar-refractivity contribution < 1.29 is 9.13 Å². The lowest BCUT2D eigenvalue weighted by Gasteiger charge is -2.31. The van der Waals surface area contributed by atoms with E-state index in [1.54, 1.807) is 13.2 Å². The third kappa shape index (κ3) is 2.66. The average molecular weight is 251 g/mol. The highest BCUT2D eigenvalue weighted by Crippen LogP contribution is 2.38. The van der Waals surface area contributed by atoms with E-state index in [9.17, 15) is 4.39 Å². The molecule has 0 bridgehead atoms. The van der Waals surface area contributed by atoms with E-state index in [2.05, 4.69) is 5.32 Å². The minimum absolute atomic E-state index is 0.0569. The van der Waals surface area contributed by atoms with E-state index in [0.717, 1.165) is 0 Å². The van der Waals surface area contributed by atoms with E-state index in [4.69, 9.17) is 4.74 Å². The Kier molecular flexibility index (Phi) is 4.59. The van der Waals surface area contributed by atoms with Crippen molar-refractivity contribution >= 4 is 0 Å². The molecule has 1 aliphatic rings. The molecule has 100 valence electrons. The number of halogens is 1. The summed E-state index contributed by atoms with van der Waals surface area (Å²) < 4.78 is 19.4. The molecular weight excluding hydrogens is 229 g/mol. The standard InChI is InChI=1S/C15H22FNO/c1-17-15(11-7-4-3-5-8-11)14-12(16)9-6-10-13(14)18-2/h6,9-11,15,17H,3-5,7-8H2,1-2H3. The first-order chi connectivity index (χ1) is 8.77. The largest absolute Gasteiger partial charge is 0.496 e. The van der Waals surface area contributed by atoms with Gasteiger partial charge >= 0.3 is 0 Å². The Balaban J connectivity index is 2.31. The maximum Gasteiger partial charge on any atom is 0.131 e. The second-order valence-corrected chi connectivity index (χ2v) is 5.02. The van der Waals surface area contributed by atoms with Gasteiger partial charge in [0.1, 0.15) is 11.6 Å². The summed E-state index contributed by atoms with van der Waals surface area (Å²) in [5.74, 6) is 0.994. The third-order valence-electron chi connectivity index (χ3n) is 3.98. The van der Waals surface area contributed by atoms with Crippen molar-refractivity contribution in [3.05, 3.63) is 29.6 Å². The van der Waals surface area contributed by atoms with Crippen LogP contribution in [0.2, 0.25) is 0 Å². The molecular formula is C15H22FNO. The first-order valence-corrected chi connectivity index (χ1v) is 6.77. The predicted molar refractivity (Wildman–Crippen MR) is 71.3 cm³/mol. The summed E-state index contributed by atoms with van der Waals surface area (Å²) in [6.07, 6.45) is 6.15. The first kappa shape index (κ1) is 13.3. The van der Waals surface area contributed by atoms with Gasteiger partial charge in [-0.2, -0.15) is 0 Å². The van der Waals surface area contributed by atoms with Crippen LogP contribution in [0.5, 0.6) is 5.75 Å².